The van der Waals surface area contributed by atoms with Crippen LogP contribution in [0.25, 0.3) is 0 Å². The van der Waals surface area contributed by atoms with Crippen molar-refractivity contribution in [2.45, 2.75) is 45.3 Å². The molecule has 0 radical (unpaired) electrons. The molecular formula is C20H24N4O2. The first-order chi connectivity index (χ1) is 12.6. The maximum absolute atomic E-state index is 12.6. The lowest BCUT2D eigenvalue weighted by Crippen LogP contribution is -2.33. The Hall–Kier alpha value is -2.47. The van der Waals surface area contributed by atoms with Gasteiger partial charge in [-0.2, -0.15) is 0 Å². The Kier molecular flexibility index (Phi) is 4.59. The number of fused-ring (bicyclic) bond motifs is 1. The fourth-order valence-corrected chi connectivity index (χ4v) is 3.75. The highest BCUT2D eigenvalue weighted by molar-refractivity contribution is 5.92. The highest BCUT2D eigenvalue weighted by atomic mass is 16.5. The van der Waals surface area contributed by atoms with Crippen molar-refractivity contribution < 1.29 is 9.53 Å². The van der Waals surface area contributed by atoms with Gasteiger partial charge in [0, 0.05) is 30.6 Å². The number of carbonyl (C=O) groups is 1. The molecule has 1 aromatic carbocycles. The number of rotatable bonds is 4. The van der Waals surface area contributed by atoms with Crippen molar-refractivity contribution in [1.29, 1.82) is 0 Å². The number of amides is 1. The average Bonchev–Trinajstić information content (AvgIpc) is 3.25. The Morgan fingerprint density at radius 3 is 3.00 bits per heavy atom. The SMILES string of the molecule is Cc1cc(C(=O)NCC2CCCO2)nc(N2c3ccccc3CC2C)n1. The first-order valence-corrected chi connectivity index (χ1v) is 9.24. The van der Waals surface area contributed by atoms with E-state index in [-0.39, 0.29) is 18.1 Å². The van der Waals surface area contributed by atoms with Crippen molar-refractivity contribution in [3.05, 3.63) is 47.3 Å². The molecule has 0 bridgehead atoms. The number of anilines is 2. The van der Waals surface area contributed by atoms with E-state index < -0.39 is 0 Å². The smallest absolute Gasteiger partial charge is 0.270 e. The van der Waals surface area contributed by atoms with E-state index in [1.54, 1.807) is 6.07 Å². The van der Waals surface area contributed by atoms with Crippen LogP contribution in [0.2, 0.25) is 0 Å². The van der Waals surface area contributed by atoms with E-state index in [1.165, 1.54) is 5.56 Å². The maximum Gasteiger partial charge on any atom is 0.270 e. The molecule has 2 aliphatic heterocycles. The summed E-state index contributed by atoms with van der Waals surface area (Å²) in [6.45, 7) is 5.36. The summed E-state index contributed by atoms with van der Waals surface area (Å²) in [5.41, 5.74) is 3.60. The summed E-state index contributed by atoms with van der Waals surface area (Å²) in [7, 11) is 0. The fraction of sp³-hybridized carbons (Fsp3) is 0.450. The van der Waals surface area contributed by atoms with Gasteiger partial charge in [-0.25, -0.2) is 9.97 Å². The number of hydrogen-bond acceptors (Lipinski definition) is 5. The molecule has 6 heteroatoms. The van der Waals surface area contributed by atoms with Gasteiger partial charge in [-0.05, 0) is 50.8 Å². The highest BCUT2D eigenvalue weighted by Gasteiger charge is 2.29. The largest absolute Gasteiger partial charge is 0.376 e. The van der Waals surface area contributed by atoms with Crippen LogP contribution in [0.5, 0.6) is 0 Å². The summed E-state index contributed by atoms with van der Waals surface area (Å²) in [6.07, 6.45) is 3.13. The molecule has 0 saturated carbocycles. The number of ether oxygens (including phenoxy) is 1. The summed E-state index contributed by atoms with van der Waals surface area (Å²) in [6, 6.07) is 10.3. The molecular weight excluding hydrogens is 328 g/mol. The summed E-state index contributed by atoms with van der Waals surface area (Å²) in [4.78, 5) is 23.9. The topological polar surface area (TPSA) is 67.3 Å². The quantitative estimate of drug-likeness (QED) is 0.916. The number of aryl methyl sites for hydroxylation is 1. The molecule has 2 unspecified atom stereocenters. The summed E-state index contributed by atoms with van der Waals surface area (Å²) < 4.78 is 5.57. The van der Waals surface area contributed by atoms with E-state index in [0.717, 1.165) is 37.3 Å². The summed E-state index contributed by atoms with van der Waals surface area (Å²) >= 11 is 0. The molecule has 2 aliphatic rings. The third kappa shape index (κ3) is 3.29. The minimum absolute atomic E-state index is 0.117. The number of hydrogen-bond donors (Lipinski definition) is 1. The van der Waals surface area contributed by atoms with Gasteiger partial charge in [0.15, 0.2) is 0 Å². The van der Waals surface area contributed by atoms with Crippen LogP contribution in [0, 0.1) is 6.92 Å². The van der Waals surface area contributed by atoms with Crippen LogP contribution in [-0.2, 0) is 11.2 Å². The molecule has 1 fully saturated rings. The van der Waals surface area contributed by atoms with Gasteiger partial charge in [-0.1, -0.05) is 18.2 Å². The van der Waals surface area contributed by atoms with Crippen LogP contribution in [0.15, 0.2) is 30.3 Å². The van der Waals surface area contributed by atoms with E-state index in [2.05, 4.69) is 45.3 Å². The number of aromatic nitrogens is 2. The standard InChI is InChI=1S/C20H24N4O2/c1-13-10-17(19(25)21-12-16-7-5-9-26-16)23-20(22-13)24-14(2)11-15-6-3-4-8-18(15)24/h3-4,6,8,10,14,16H,5,7,9,11-12H2,1-2H3,(H,21,25). The van der Waals surface area contributed by atoms with Crippen LogP contribution >= 0.6 is 0 Å². The third-order valence-corrected chi connectivity index (χ3v) is 5.01. The Morgan fingerprint density at radius 2 is 2.19 bits per heavy atom. The van der Waals surface area contributed by atoms with E-state index in [9.17, 15) is 4.79 Å². The van der Waals surface area contributed by atoms with Crippen LogP contribution in [0.3, 0.4) is 0 Å². The molecule has 0 spiro atoms. The normalized spacial score (nSPS) is 21.7. The number of para-hydroxylation sites is 1. The van der Waals surface area contributed by atoms with Gasteiger partial charge in [0.2, 0.25) is 5.95 Å². The van der Waals surface area contributed by atoms with Crippen molar-refractivity contribution in [3.63, 3.8) is 0 Å². The maximum atomic E-state index is 12.6. The molecule has 1 N–H and O–H groups in total. The highest BCUT2D eigenvalue weighted by Crippen LogP contribution is 2.36. The third-order valence-electron chi connectivity index (χ3n) is 5.01. The van der Waals surface area contributed by atoms with Gasteiger partial charge in [-0.3, -0.25) is 4.79 Å². The summed E-state index contributed by atoms with van der Waals surface area (Å²) in [5.74, 6) is 0.414. The van der Waals surface area contributed by atoms with E-state index in [0.29, 0.717) is 18.2 Å². The van der Waals surface area contributed by atoms with E-state index in [1.807, 2.05) is 13.0 Å². The zero-order valence-electron chi connectivity index (χ0n) is 15.2. The van der Waals surface area contributed by atoms with Gasteiger partial charge in [0.05, 0.1) is 6.10 Å². The van der Waals surface area contributed by atoms with Crippen LogP contribution in [0.4, 0.5) is 11.6 Å². The van der Waals surface area contributed by atoms with E-state index >= 15 is 0 Å². The van der Waals surface area contributed by atoms with E-state index in [4.69, 9.17) is 4.74 Å². The molecule has 0 aliphatic carbocycles. The van der Waals surface area contributed by atoms with Crippen LogP contribution in [-0.4, -0.2) is 41.2 Å². The van der Waals surface area contributed by atoms with Gasteiger partial charge in [0.1, 0.15) is 5.69 Å². The lowest BCUT2D eigenvalue weighted by atomic mass is 10.1. The minimum Gasteiger partial charge on any atom is -0.376 e. The molecule has 1 amide bonds. The van der Waals surface area contributed by atoms with Gasteiger partial charge in [-0.15, -0.1) is 0 Å². The second-order valence-electron chi connectivity index (χ2n) is 7.09. The van der Waals surface area contributed by atoms with Crippen molar-refractivity contribution in [1.82, 2.24) is 15.3 Å². The van der Waals surface area contributed by atoms with Crippen molar-refractivity contribution in [2.75, 3.05) is 18.1 Å². The zero-order chi connectivity index (χ0) is 18.1. The Balaban J connectivity index is 1.57. The molecule has 2 aromatic rings. The fourth-order valence-electron chi connectivity index (χ4n) is 3.75. The second-order valence-corrected chi connectivity index (χ2v) is 7.09. The lowest BCUT2D eigenvalue weighted by molar-refractivity contribution is 0.0853. The van der Waals surface area contributed by atoms with Crippen LogP contribution in [0.1, 0.15) is 41.5 Å². The first-order valence-electron chi connectivity index (χ1n) is 9.24. The number of nitrogens with one attached hydrogen (secondary N) is 1. The minimum atomic E-state index is -0.174. The second kappa shape index (κ2) is 7.03. The average molecular weight is 352 g/mol. The molecule has 1 saturated heterocycles. The predicted molar refractivity (Wildman–Crippen MR) is 99.8 cm³/mol. The monoisotopic (exact) mass is 352 g/mol. The zero-order valence-corrected chi connectivity index (χ0v) is 15.2. The Labute approximate surface area is 153 Å². The molecule has 4 rings (SSSR count). The van der Waals surface area contributed by atoms with Gasteiger partial charge >= 0.3 is 0 Å². The number of carbonyl (C=O) groups excluding carboxylic acids is 1. The summed E-state index contributed by atoms with van der Waals surface area (Å²) in [5, 5.41) is 2.94. The molecule has 2 atom stereocenters. The first kappa shape index (κ1) is 17.0. The molecule has 26 heavy (non-hydrogen) atoms. The molecule has 3 heterocycles. The van der Waals surface area contributed by atoms with Gasteiger partial charge in [0.25, 0.3) is 5.91 Å². The van der Waals surface area contributed by atoms with Gasteiger partial charge < -0.3 is 15.0 Å². The number of nitrogens with zero attached hydrogens (tertiary/aromatic N) is 3. The number of benzene rings is 1. The lowest BCUT2D eigenvalue weighted by Gasteiger charge is -2.23. The molecule has 136 valence electrons. The van der Waals surface area contributed by atoms with Crippen molar-refractivity contribution in [3.8, 4) is 0 Å². The molecule has 6 nitrogen and oxygen atoms in total. The predicted octanol–water partition coefficient (Wildman–Crippen LogP) is 2.78. The van der Waals surface area contributed by atoms with Crippen LogP contribution < -0.4 is 10.2 Å². The Morgan fingerprint density at radius 1 is 1.35 bits per heavy atom. The molecule has 1 aromatic heterocycles. The van der Waals surface area contributed by atoms with Crippen molar-refractivity contribution >= 4 is 17.5 Å². The van der Waals surface area contributed by atoms with Crippen molar-refractivity contribution in [2.24, 2.45) is 0 Å². The Bertz CT molecular complexity index is 817.